The summed E-state index contributed by atoms with van der Waals surface area (Å²) >= 11 is 0. The van der Waals surface area contributed by atoms with Crippen molar-refractivity contribution >= 4 is 26.7 Å². The zero-order valence-corrected chi connectivity index (χ0v) is 22.8. The molecule has 0 radical (unpaired) electrons. The first-order chi connectivity index (χ1) is 18.8. The molecule has 0 unspecified atom stereocenters. The molecule has 4 aromatic rings. The van der Waals surface area contributed by atoms with Crippen molar-refractivity contribution in [1.82, 2.24) is 19.3 Å². The fraction of sp³-hybridized carbons (Fsp3) is 0.321. The van der Waals surface area contributed by atoms with E-state index in [-0.39, 0.29) is 29.8 Å². The highest BCUT2D eigenvalue weighted by atomic mass is 32.2. The molecule has 11 heteroatoms. The first kappa shape index (κ1) is 26.6. The maximum absolute atomic E-state index is 13.6. The Balaban J connectivity index is 1.34. The fourth-order valence-electron chi connectivity index (χ4n) is 4.87. The highest BCUT2D eigenvalue weighted by molar-refractivity contribution is 7.89. The van der Waals surface area contributed by atoms with Crippen LogP contribution in [0, 0.1) is 0 Å². The Kier molecular flexibility index (Phi) is 7.53. The van der Waals surface area contributed by atoms with Crippen LogP contribution in [-0.4, -0.2) is 67.0 Å². The van der Waals surface area contributed by atoms with E-state index in [0.29, 0.717) is 42.3 Å². The minimum atomic E-state index is -3.87. The number of hydrogen-bond acceptors (Lipinski definition) is 8. The topological polar surface area (TPSA) is 115 Å². The van der Waals surface area contributed by atoms with Gasteiger partial charge in [0.25, 0.3) is 0 Å². The lowest BCUT2D eigenvalue weighted by atomic mass is 10.1. The number of methoxy groups -OCH3 is 2. The van der Waals surface area contributed by atoms with Crippen molar-refractivity contribution < 1.29 is 27.2 Å². The van der Waals surface area contributed by atoms with Crippen molar-refractivity contribution in [2.45, 2.75) is 37.2 Å². The number of hydrogen-bond donors (Lipinski definition) is 0. The second-order valence-corrected chi connectivity index (χ2v) is 11.1. The van der Waals surface area contributed by atoms with Crippen molar-refractivity contribution in [3.05, 3.63) is 66.6 Å². The Hall–Kier alpha value is -3.96. The standard InChI is InChI=1S/C28H30N4O6S/c1-4-31(18-26-29-27(30-38-26)21-12-14-24(36-2)25(17-21)37-3)28(33)23-10-7-15-32(23)39(34,35)22-13-11-19-8-5-6-9-20(19)16-22/h5-6,8-9,11-14,16-17,23H,4,7,10,15,18H2,1-3H3/t23-/m0/s1. The molecule has 1 atom stereocenters. The fourth-order valence-corrected chi connectivity index (χ4v) is 6.56. The van der Waals surface area contributed by atoms with Crippen molar-refractivity contribution in [2.75, 3.05) is 27.3 Å². The van der Waals surface area contributed by atoms with Crippen LogP contribution in [0.25, 0.3) is 22.2 Å². The summed E-state index contributed by atoms with van der Waals surface area (Å²) in [5.41, 5.74) is 0.667. The number of rotatable bonds is 9. The van der Waals surface area contributed by atoms with Crippen molar-refractivity contribution in [1.29, 1.82) is 0 Å². The third kappa shape index (κ3) is 5.19. The molecule has 0 saturated carbocycles. The number of ether oxygens (including phenoxy) is 2. The zero-order chi connectivity index (χ0) is 27.6. The quantitative estimate of drug-likeness (QED) is 0.306. The lowest BCUT2D eigenvalue weighted by Crippen LogP contribution is -2.47. The molecule has 10 nitrogen and oxygen atoms in total. The lowest BCUT2D eigenvalue weighted by Gasteiger charge is -2.28. The van der Waals surface area contributed by atoms with Gasteiger partial charge in [-0.15, -0.1) is 0 Å². The SMILES string of the molecule is CCN(Cc1nc(-c2ccc(OC)c(OC)c2)no1)C(=O)[C@@H]1CCCN1S(=O)(=O)c1ccc2ccccc2c1. The van der Waals surface area contributed by atoms with Gasteiger partial charge in [0.15, 0.2) is 11.5 Å². The van der Waals surface area contributed by atoms with Gasteiger partial charge in [-0.25, -0.2) is 8.42 Å². The van der Waals surface area contributed by atoms with Crippen LogP contribution in [0.4, 0.5) is 0 Å². The predicted molar refractivity (Wildman–Crippen MR) is 145 cm³/mol. The Morgan fingerprint density at radius 1 is 1.05 bits per heavy atom. The molecule has 39 heavy (non-hydrogen) atoms. The summed E-state index contributed by atoms with van der Waals surface area (Å²) in [6.45, 7) is 2.54. The highest BCUT2D eigenvalue weighted by Crippen LogP contribution is 2.32. The summed E-state index contributed by atoms with van der Waals surface area (Å²) in [6, 6.07) is 17.1. The van der Waals surface area contributed by atoms with E-state index in [9.17, 15) is 13.2 Å². The van der Waals surface area contributed by atoms with E-state index in [0.717, 1.165) is 10.8 Å². The number of fused-ring (bicyclic) bond motifs is 1. The molecule has 1 saturated heterocycles. The Morgan fingerprint density at radius 3 is 2.56 bits per heavy atom. The molecule has 5 rings (SSSR count). The van der Waals surface area contributed by atoms with Gasteiger partial charge in [0, 0.05) is 18.7 Å². The van der Waals surface area contributed by atoms with Crippen LogP contribution in [0.3, 0.4) is 0 Å². The van der Waals surface area contributed by atoms with Gasteiger partial charge in [-0.1, -0.05) is 35.5 Å². The maximum atomic E-state index is 13.6. The van der Waals surface area contributed by atoms with Crippen LogP contribution in [0.15, 0.2) is 70.1 Å². The van der Waals surface area contributed by atoms with Crippen molar-refractivity contribution in [3.63, 3.8) is 0 Å². The summed E-state index contributed by atoms with van der Waals surface area (Å²) in [7, 11) is -0.774. The van der Waals surface area contributed by atoms with Crippen molar-refractivity contribution in [3.8, 4) is 22.9 Å². The number of amides is 1. The smallest absolute Gasteiger partial charge is 0.246 e. The van der Waals surface area contributed by atoms with Gasteiger partial charge < -0.3 is 18.9 Å². The molecule has 1 aliphatic heterocycles. The first-order valence-corrected chi connectivity index (χ1v) is 14.1. The summed E-state index contributed by atoms with van der Waals surface area (Å²) in [5, 5.41) is 5.84. The number of sulfonamides is 1. The monoisotopic (exact) mass is 550 g/mol. The number of nitrogens with zero attached hydrogens (tertiary/aromatic N) is 4. The highest BCUT2D eigenvalue weighted by Gasteiger charge is 2.41. The third-order valence-electron chi connectivity index (χ3n) is 6.95. The molecular formula is C28H30N4O6S. The molecule has 1 fully saturated rings. The maximum Gasteiger partial charge on any atom is 0.246 e. The number of carbonyl (C=O) groups is 1. The molecule has 0 N–H and O–H groups in total. The van der Waals surface area contributed by atoms with Gasteiger partial charge in [-0.2, -0.15) is 9.29 Å². The van der Waals surface area contributed by atoms with Gasteiger partial charge in [-0.3, -0.25) is 4.79 Å². The van der Waals surface area contributed by atoms with Crippen LogP contribution >= 0.6 is 0 Å². The van der Waals surface area contributed by atoms with Crippen LogP contribution in [0.1, 0.15) is 25.7 Å². The van der Waals surface area contributed by atoms with Crippen LogP contribution in [-0.2, 0) is 21.4 Å². The summed E-state index contributed by atoms with van der Waals surface area (Å²) in [4.78, 5) is 19.8. The Bertz CT molecular complexity index is 1600. The van der Waals surface area contributed by atoms with Gasteiger partial charge in [0.05, 0.1) is 19.1 Å². The molecule has 3 aromatic carbocycles. The molecule has 1 aliphatic rings. The zero-order valence-electron chi connectivity index (χ0n) is 22.0. The van der Waals surface area contributed by atoms with E-state index in [1.54, 1.807) is 55.5 Å². The minimum Gasteiger partial charge on any atom is -0.493 e. The normalized spacial score (nSPS) is 15.9. The number of aromatic nitrogens is 2. The Morgan fingerprint density at radius 2 is 1.82 bits per heavy atom. The molecule has 1 amide bonds. The lowest BCUT2D eigenvalue weighted by molar-refractivity contribution is -0.135. The molecule has 1 aromatic heterocycles. The predicted octanol–water partition coefficient (Wildman–Crippen LogP) is 4.11. The second-order valence-electron chi connectivity index (χ2n) is 9.22. The van der Waals surface area contributed by atoms with Crippen LogP contribution < -0.4 is 9.47 Å². The summed E-state index contributed by atoms with van der Waals surface area (Å²) in [5.74, 6) is 1.41. The van der Waals surface area contributed by atoms with Gasteiger partial charge in [0.1, 0.15) is 12.6 Å². The molecule has 0 aliphatic carbocycles. The number of likely N-dealkylation sites (N-methyl/N-ethyl adjacent to an activating group) is 1. The van der Waals surface area contributed by atoms with E-state index >= 15 is 0 Å². The van der Waals surface area contributed by atoms with Crippen LogP contribution in [0.5, 0.6) is 11.5 Å². The molecule has 0 bridgehead atoms. The van der Waals surface area contributed by atoms with Crippen molar-refractivity contribution in [2.24, 2.45) is 0 Å². The summed E-state index contributed by atoms with van der Waals surface area (Å²) in [6.07, 6.45) is 1.05. The largest absolute Gasteiger partial charge is 0.493 e. The van der Waals surface area contributed by atoms with E-state index in [1.807, 2.05) is 31.2 Å². The van der Waals surface area contributed by atoms with E-state index in [1.165, 1.54) is 4.31 Å². The third-order valence-corrected chi connectivity index (χ3v) is 8.85. The number of carbonyl (C=O) groups excluding carboxylic acids is 1. The average molecular weight is 551 g/mol. The molecule has 204 valence electrons. The van der Waals surface area contributed by atoms with E-state index in [2.05, 4.69) is 10.1 Å². The van der Waals surface area contributed by atoms with Gasteiger partial charge >= 0.3 is 0 Å². The van der Waals surface area contributed by atoms with E-state index in [4.69, 9.17) is 14.0 Å². The summed E-state index contributed by atoms with van der Waals surface area (Å²) < 4.78 is 44.6. The Labute approximate surface area is 227 Å². The van der Waals surface area contributed by atoms with Gasteiger partial charge in [0.2, 0.25) is 27.6 Å². The first-order valence-electron chi connectivity index (χ1n) is 12.7. The second kappa shape index (κ2) is 11.0. The van der Waals surface area contributed by atoms with Crippen LogP contribution in [0.2, 0.25) is 0 Å². The van der Waals surface area contributed by atoms with E-state index < -0.39 is 16.1 Å². The minimum absolute atomic E-state index is 0.0655. The molecule has 0 spiro atoms. The average Bonchev–Trinajstić information content (AvgIpc) is 3.65. The van der Waals surface area contributed by atoms with Gasteiger partial charge in [-0.05, 0) is 60.9 Å². The number of benzene rings is 3. The molecule has 2 heterocycles. The molecular weight excluding hydrogens is 520 g/mol.